The van der Waals surface area contributed by atoms with Crippen LogP contribution in [0.1, 0.15) is 46.0 Å². The van der Waals surface area contributed by atoms with Crippen LogP contribution in [0.4, 0.5) is 0 Å². The molecule has 0 bridgehead atoms. The van der Waals surface area contributed by atoms with E-state index in [4.69, 9.17) is 5.73 Å². The fraction of sp³-hybridized carbons (Fsp3) is 0.929. The summed E-state index contributed by atoms with van der Waals surface area (Å²) in [6.07, 6.45) is 5.50. The van der Waals surface area contributed by atoms with E-state index in [0.717, 1.165) is 44.2 Å². The summed E-state index contributed by atoms with van der Waals surface area (Å²) < 4.78 is 0. The van der Waals surface area contributed by atoms with E-state index < -0.39 is 0 Å². The van der Waals surface area contributed by atoms with Gasteiger partial charge in [0.25, 0.3) is 0 Å². The van der Waals surface area contributed by atoms with Gasteiger partial charge in [-0.1, -0.05) is 20.3 Å². The third-order valence-electron chi connectivity index (χ3n) is 4.68. The van der Waals surface area contributed by atoms with Crippen molar-refractivity contribution in [1.82, 2.24) is 4.90 Å². The number of carbonyl (C=O) groups excluding carboxylic acids is 1. The standard InChI is InChI=1S/C14H26N2O.ClH/c1-10(2)11-6-8-16(9-7-11)14(17)12-4-3-5-13(12)15;/h10-13H,3-9,15H2,1-2H3;1H. The van der Waals surface area contributed by atoms with Gasteiger partial charge in [0.2, 0.25) is 5.91 Å². The Labute approximate surface area is 117 Å². The normalized spacial score (nSPS) is 29.4. The predicted octanol–water partition coefficient (Wildman–Crippen LogP) is 2.43. The first kappa shape index (κ1) is 15.8. The molecule has 18 heavy (non-hydrogen) atoms. The fourth-order valence-corrected chi connectivity index (χ4v) is 3.32. The molecule has 106 valence electrons. The molecule has 1 amide bonds. The van der Waals surface area contributed by atoms with E-state index in [1.54, 1.807) is 0 Å². The van der Waals surface area contributed by atoms with Gasteiger partial charge in [0.05, 0.1) is 5.92 Å². The van der Waals surface area contributed by atoms with E-state index >= 15 is 0 Å². The maximum absolute atomic E-state index is 12.3. The Hall–Kier alpha value is -0.280. The van der Waals surface area contributed by atoms with Crippen molar-refractivity contribution in [2.45, 2.75) is 52.0 Å². The molecule has 2 aliphatic rings. The van der Waals surface area contributed by atoms with Crippen molar-refractivity contribution in [3.8, 4) is 0 Å². The number of nitrogens with two attached hydrogens (primary N) is 1. The third-order valence-corrected chi connectivity index (χ3v) is 4.68. The van der Waals surface area contributed by atoms with Gasteiger partial charge < -0.3 is 10.6 Å². The van der Waals surface area contributed by atoms with Gasteiger partial charge in [0.15, 0.2) is 0 Å². The summed E-state index contributed by atoms with van der Waals surface area (Å²) in [4.78, 5) is 14.4. The van der Waals surface area contributed by atoms with Crippen LogP contribution in [0.2, 0.25) is 0 Å². The minimum atomic E-state index is 0. The molecule has 1 heterocycles. The quantitative estimate of drug-likeness (QED) is 0.841. The smallest absolute Gasteiger partial charge is 0.227 e. The first-order chi connectivity index (χ1) is 8.09. The zero-order valence-corrected chi connectivity index (χ0v) is 12.4. The predicted molar refractivity (Wildman–Crippen MR) is 76.7 cm³/mol. The molecule has 2 fully saturated rings. The van der Waals surface area contributed by atoms with Crippen molar-refractivity contribution in [3.05, 3.63) is 0 Å². The Balaban J connectivity index is 0.00000162. The molecule has 2 N–H and O–H groups in total. The number of likely N-dealkylation sites (tertiary alicyclic amines) is 1. The Morgan fingerprint density at radius 1 is 1.17 bits per heavy atom. The molecule has 2 atom stereocenters. The van der Waals surface area contributed by atoms with Crippen LogP contribution in [-0.4, -0.2) is 29.9 Å². The number of halogens is 1. The zero-order chi connectivity index (χ0) is 12.4. The molecule has 0 aromatic carbocycles. The van der Waals surface area contributed by atoms with Crippen LogP contribution in [0, 0.1) is 17.8 Å². The van der Waals surface area contributed by atoms with Gasteiger partial charge in [-0.05, 0) is 37.5 Å². The van der Waals surface area contributed by atoms with Gasteiger partial charge in [-0.25, -0.2) is 0 Å². The lowest BCUT2D eigenvalue weighted by Gasteiger charge is -2.35. The summed E-state index contributed by atoms with van der Waals surface area (Å²) in [6.45, 7) is 6.47. The van der Waals surface area contributed by atoms with Crippen molar-refractivity contribution >= 4 is 18.3 Å². The molecule has 2 rings (SSSR count). The highest BCUT2D eigenvalue weighted by Crippen LogP contribution is 2.29. The summed E-state index contributed by atoms with van der Waals surface area (Å²) >= 11 is 0. The molecule has 3 nitrogen and oxygen atoms in total. The molecule has 0 radical (unpaired) electrons. The van der Waals surface area contributed by atoms with Crippen LogP contribution in [-0.2, 0) is 4.79 Å². The SMILES string of the molecule is CC(C)C1CCN(C(=O)C2CCCC2N)CC1.Cl. The van der Waals surface area contributed by atoms with Gasteiger partial charge in [-0.2, -0.15) is 0 Å². The lowest BCUT2D eigenvalue weighted by Crippen LogP contribution is -2.45. The molecule has 1 aliphatic heterocycles. The second-order valence-electron chi connectivity index (χ2n) is 6.11. The number of hydrogen-bond acceptors (Lipinski definition) is 2. The van der Waals surface area contributed by atoms with Gasteiger partial charge in [-0.3, -0.25) is 4.79 Å². The Bertz CT molecular complexity index is 275. The summed E-state index contributed by atoms with van der Waals surface area (Å²) in [5, 5.41) is 0. The first-order valence-electron chi connectivity index (χ1n) is 7.14. The van der Waals surface area contributed by atoms with Crippen LogP contribution < -0.4 is 5.73 Å². The summed E-state index contributed by atoms with van der Waals surface area (Å²) in [5.41, 5.74) is 6.01. The monoisotopic (exact) mass is 274 g/mol. The lowest BCUT2D eigenvalue weighted by molar-refractivity contribution is -0.137. The number of hydrogen-bond donors (Lipinski definition) is 1. The van der Waals surface area contributed by atoms with E-state index in [2.05, 4.69) is 18.7 Å². The van der Waals surface area contributed by atoms with Gasteiger partial charge >= 0.3 is 0 Å². The molecule has 2 unspecified atom stereocenters. The average Bonchev–Trinajstić information content (AvgIpc) is 2.74. The molecular formula is C14H27ClN2O. The molecule has 0 aromatic heterocycles. The highest BCUT2D eigenvalue weighted by atomic mass is 35.5. The van der Waals surface area contributed by atoms with Crippen LogP contribution in [0.5, 0.6) is 0 Å². The van der Waals surface area contributed by atoms with Crippen molar-refractivity contribution in [2.75, 3.05) is 13.1 Å². The molecule has 1 saturated heterocycles. The van der Waals surface area contributed by atoms with Gasteiger partial charge in [-0.15, -0.1) is 12.4 Å². The van der Waals surface area contributed by atoms with E-state index in [9.17, 15) is 4.79 Å². The highest BCUT2D eigenvalue weighted by Gasteiger charge is 2.34. The van der Waals surface area contributed by atoms with Crippen molar-refractivity contribution in [2.24, 2.45) is 23.5 Å². The van der Waals surface area contributed by atoms with Crippen molar-refractivity contribution in [1.29, 1.82) is 0 Å². The molecule has 0 spiro atoms. The van der Waals surface area contributed by atoms with Crippen molar-refractivity contribution < 1.29 is 4.79 Å². The van der Waals surface area contributed by atoms with Crippen LogP contribution >= 0.6 is 12.4 Å². The topological polar surface area (TPSA) is 46.3 Å². The maximum atomic E-state index is 12.3. The molecule has 1 saturated carbocycles. The fourth-order valence-electron chi connectivity index (χ4n) is 3.32. The summed E-state index contributed by atoms with van der Waals surface area (Å²) in [5.74, 6) is 2.00. The van der Waals surface area contributed by atoms with E-state index in [1.165, 1.54) is 12.8 Å². The first-order valence-corrected chi connectivity index (χ1v) is 7.14. The van der Waals surface area contributed by atoms with Crippen LogP contribution in [0.15, 0.2) is 0 Å². The van der Waals surface area contributed by atoms with Gasteiger partial charge in [0, 0.05) is 19.1 Å². The molecule has 4 heteroatoms. The highest BCUT2D eigenvalue weighted by molar-refractivity contribution is 5.85. The number of amides is 1. The van der Waals surface area contributed by atoms with Crippen molar-refractivity contribution in [3.63, 3.8) is 0 Å². The Morgan fingerprint density at radius 2 is 1.78 bits per heavy atom. The second-order valence-corrected chi connectivity index (χ2v) is 6.11. The Morgan fingerprint density at radius 3 is 2.22 bits per heavy atom. The molecule has 0 aromatic rings. The number of rotatable bonds is 2. The number of carbonyl (C=O) groups is 1. The van der Waals surface area contributed by atoms with E-state index in [-0.39, 0.29) is 24.4 Å². The maximum Gasteiger partial charge on any atom is 0.227 e. The van der Waals surface area contributed by atoms with E-state index in [1.807, 2.05) is 0 Å². The summed E-state index contributed by atoms with van der Waals surface area (Å²) in [6, 6.07) is 0.116. The van der Waals surface area contributed by atoms with Gasteiger partial charge in [0.1, 0.15) is 0 Å². The Kier molecular flexibility index (Phi) is 5.93. The molecule has 1 aliphatic carbocycles. The second kappa shape index (κ2) is 6.76. The number of nitrogens with zero attached hydrogens (tertiary/aromatic N) is 1. The lowest BCUT2D eigenvalue weighted by atomic mass is 9.86. The zero-order valence-electron chi connectivity index (χ0n) is 11.6. The van der Waals surface area contributed by atoms with E-state index in [0.29, 0.717) is 5.91 Å². The molecular weight excluding hydrogens is 248 g/mol. The largest absolute Gasteiger partial charge is 0.342 e. The minimum Gasteiger partial charge on any atom is -0.342 e. The van der Waals surface area contributed by atoms with Crippen LogP contribution in [0.25, 0.3) is 0 Å². The van der Waals surface area contributed by atoms with Crippen LogP contribution in [0.3, 0.4) is 0 Å². The number of piperidine rings is 1. The average molecular weight is 275 g/mol. The minimum absolute atomic E-state index is 0. The summed E-state index contributed by atoms with van der Waals surface area (Å²) in [7, 11) is 0. The third kappa shape index (κ3) is 3.39.